The molecule has 1 N–H and O–H groups in total. The molecule has 7 rings (SSSR count). The molecule has 2 saturated heterocycles. The molecule has 0 spiro atoms. The van der Waals surface area contributed by atoms with E-state index in [2.05, 4.69) is 32.1 Å². The van der Waals surface area contributed by atoms with E-state index in [0.29, 0.717) is 48.4 Å². The van der Waals surface area contributed by atoms with Crippen molar-refractivity contribution in [1.82, 2.24) is 0 Å². The summed E-state index contributed by atoms with van der Waals surface area (Å²) in [4.78, 5) is 66.0. The van der Waals surface area contributed by atoms with Crippen molar-refractivity contribution in [2.24, 2.45) is 35.0 Å². The molecular formula is C55H65F2NO12S2. The summed E-state index contributed by atoms with van der Waals surface area (Å²) in [5.41, 5.74) is 2.42. The largest absolute Gasteiger partial charge is 0.513 e. The highest BCUT2D eigenvalue weighted by atomic mass is 33.1. The topological polar surface area (TPSA) is 164 Å². The van der Waals surface area contributed by atoms with Crippen molar-refractivity contribution in [2.75, 3.05) is 29.6 Å². The van der Waals surface area contributed by atoms with Crippen LogP contribution in [0.5, 0.6) is 5.75 Å². The SMILES string of the molecule is CCC(C)(C)C(=O)O[C@H]1C[C@@H](C)C=C2C=C[C@H](C)[C@H](CC[C@@H]3C[C@@H](OC(=O)OCCSSCCOC(=O)Oc4ccc(C5[C@@H](CC[C@H](O)c6ccc(F)cc6)C(=O)N5c5ccc(F)cc5)cc4)CC(=O)O3)[C@H]21. The fraction of sp³-hybridized carbons (Fsp3) is 0.509. The number of carbonyl (C=O) groups is 5. The Bertz CT molecular complexity index is 2420. The van der Waals surface area contributed by atoms with E-state index in [0.717, 1.165) is 18.4 Å². The first kappa shape index (κ1) is 54.4. The number of rotatable bonds is 21. The first-order valence-corrected chi connectivity index (χ1v) is 27.3. The number of fused-ring (bicyclic) bond motifs is 1. The minimum Gasteiger partial charge on any atom is -0.462 e. The molecule has 1 amide bonds. The van der Waals surface area contributed by atoms with E-state index >= 15 is 0 Å². The average molecular weight is 1030 g/mol. The smallest absolute Gasteiger partial charge is 0.462 e. The molecule has 0 bridgehead atoms. The van der Waals surface area contributed by atoms with Crippen molar-refractivity contribution in [3.05, 3.63) is 119 Å². The van der Waals surface area contributed by atoms with Gasteiger partial charge in [0.2, 0.25) is 5.91 Å². The number of β-lactam (4-membered cyclic amide) rings is 1. The lowest BCUT2D eigenvalue weighted by Crippen LogP contribution is -2.55. The van der Waals surface area contributed by atoms with Gasteiger partial charge in [-0.15, -0.1) is 0 Å². The number of hydrogen-bond acceptors (Lipinski definition) is 14. The van der Waals surface area contributed by atoms with Crippen LogP contribution < -0.4 is 9.64 Å². The predicted molar refractivity (Wildman–Crippen MR) is 270 cm³/mol. The number of benzene rings is 3. The van der Waals surface area contributed by atoms with E-state index in [1.165, 1.54) is 75.7 Å². The van der Waals surface area contributed by atoms with Gasteiger partial charge in [-0.2, -0.15) is 0 Å². The Morgan fingerprint density at radius 1 is 0.847 bits per heavy atom. The van der Waals surface area contributed by atoms with Gasteiger partial charge in [-0.25, -0.2) is 18.4 Å². The quantitative estimate of drug-likeness (QED) is 0.0268. The van der Waals surface area contributed by atoms with Gasteiger partial charge in [0.05, 0.1) is 29.9 Å². The van der Waals surface area contributed by atoms with Gasteiger partial charge in [0.15, 0.2) is 0 Å². The van der Waals surface area contributed by atoms with Gasteiger partial charge in [-0.05, 0) is 135 Å². The van der Waals surface area contributed by atoms with E-state index in [-0.39, 0.29) is 73.5 Å². The highest BCUT2D eigenvalue weighted by molar-refractivity contribution is 8.76. The summed E-state index contributed by atoms with van der Waals surface area (Å²) in [6.45, 7) is 10.3. The molecule has 72 heavy (non-hydrogen) atoms. The standard InChI is InChI=1S/C55H65F2NO12S2/c1-6-55(4,5)52(62)70-47-30-33(2)29-37-8-7-34(3)44(49(37)47)22-21-42-31-43(32-48(60)67-42)69-54(64)66-26-28-72-71-27-25-65-53(63)68-41-19-11-36(12-20-41)50-45(23-24-46(59)35-9-13-38(56)14-10-35)51(61)58(50)40-17-15-39(57)16-18-40/h7-20,29,33-34,42-47,49-50,59H,6,21-28,30-32H2,1-5H3/t33-,34-,42+,43+,44-,45+,46-,47-,49-,50?/m0/s1. The summed E-state index contributed by atoms with van der Waals surface area (Å²) in [5.74, 6) is -0.347. The molecule has 13 nitrogen and oxygen atoms in total. The number of aliphatic hydroxyl groups is 1. The number of esters is 2. The second kappa shape index (κ2) is 25.0. The van der Waals surface area contributed by atoms with E-state index < -0.39 is 65.6 Å². The number of aliphatic hydroxyl groups excluding tert-OH is 1. The lowest BCUT2D eigenvalue weighted by Gasteiger charge is -2.48. The van der Waals surface area contributed by atoms with Crippen LogP contribution >= 0.6 is 21.6 Å². The second-order valence-electron chi connectivity index (χ2n) is 19.7. The second-order valence-corrected chi connectivity index (χ2v) is 22.4. The number of carbonyl (C=O) groups excluding carboxylic acids is 5. The van der Waals surface area contributed by atoms with Crippen molar-refractivity contribution in [2.45, 2.75) is 116 Å². The summed E-state index contributed by atoms with van der Waals surface area (Å²) in [6, 6.07) is 17.4. The number of amides is 1. The lowest BCUT2D eigenvalue weighted by atomic mass is 9.65. The van der Waals surface area contributed by atoms with Gasteiger partial charge in [-0.1, -0.05) is 84.9 Å². The van der Waals surface area contributed by atoms with E-state index in [1.807, 2.05) is 20.8 Å². The van der Waals surface area contributed by atoms with Crippen LogP contribution in [0.3, 0.4) is 0 Å². The predicted octanol–water partition coefficient (Wildman–Crippen LogP) is 11.8. The monoisotopic (exact) mass is 1030 g/mol. The summed E-state index contributed by atoms with van der Waals surface area (Å²) in [5, 5.41) is 10.8. The van der Waals surface area contributed by atoms with Crippen LogP contribution in [-0.2, 0) is 38.1 Å². The molecule has 1 unspecified atom stereocenters. The van der Waals surface area contributed by atoms with Gasteiger partial charge in [0.1, 0.15) is 48.9 Å². The Hall–Kier alpha value is -5.39. The third-order valence-electron chi connectivity index (χ3n) is 14.2. The Morgan fingerprint density at radius 2 is 1.50 bits per heavy atom. The third-order valence-corrected chi connectivity index (χ3v) is 16.5. The summed E-state index contributed by atoms with van der Waals surface area (Å²) < 4.78 is 60.6. The molecule has 2 aliphatic carbocycles. The van der Waals surface area contributed by atoms with E-state index in [9.17, 15) is 37.9 Å². The maximum atomic E-state index is 13.8. The molecule has 4 aliphatic rings. The number of allylic oxidation sites excluding steroid dienone is 3. The van der Waals surface area contributed by atoms with Gasteiger partial charge in [0, 0.05) is 29.5 Å². The zero-order valence-electron chi connectivity index (χ0n) is 41.4. The van der Waals surface area contributed by atoms with Gasteiger partial charge in [-0.3, -0.25) is 14.4 Å². The number of halogens is 2. The highest BCUT2D eigenvalue weighted by Gasteiger charge is 2.49. The Labute approximate surface area is 428 Å². The molecule has 388 valence electrons. The Morgan fingerprint density at radius 3 is 2.17 bits per heavy atom. The van der Waals surface area contributed by atoms with Crippen LogP contribution in [0.1, 0.15) is 109 Å². The summed E-state index contributed by atoms with van der Waals surface area (Å²) in [6.07, 6.45) is 6.29. The first-order chi connectivity index (χ1) is 34.5. The average Bonchev–Trinajstić information content (AvgIpc) is 3.34. The molecule has 3 aromatic rings. The minimum absolute atomic E-state index is 0.0414. The minimum atomic E-state index is -0.901. The van der Waals surface area contributed by atoms with Crippen molar-refractivity contribution >= 4 is 57.4 Å². The number of anilines is 1. The fourth-order valence-electron chi connectivity index (χ4n) is 9.91. The molecule has 10 atom stereocenters. The van der Waals surface area contributed by atoms with Crippen LogP contribution in [0, 0.1) is 46.6 Å². The maximum Gasteiger partial charge on any atom is 0.513 e. The number of hydrogen-bond donors (Lipinski definition) is 1. The Kier molecular flexibility index (Phi) is 18.9. The number of ether oxygens (including phenoxy) is 6. The van der Waals surface area contributed by atoms with Crippen molar-refractivity contribution in [3.63, 3.8) is 0 Å². The summed E-state index contributed by atoms with van der Waals surface area (Å²) in [7, 11) is 2.83. The molecule has 2 heterocycles. The van der Waals surface area contributed by atoms with E-state index in [4.69, 9.17) is 28.4 Å². The number of nitrogens with zero attached hydrogens (tertiary/aromatic N) is 1. The lowest BCUT2D eigenvalue weighted by molar-refractivity contribution is -0.166. The van der Waals surface area contributed by atoms with Crippen molar-refractivity contribution < 1.29 is 66.3 Å². The van der Waals surface area contributed by atoms with Crippen molar-refractivity contribution in [1.29, 1.82) is 0 Å². The molecular weight excluding hydrogens is 969 g/mol. The summed E-state index contributed by atoms with van der Waals surface area (Å²) >= 11 is 0. The molecule has 3 aromatic carbocycles. The van der Waals surface area contributed by atoms with Crippen LogP contribution in [0.2, 0.25) is 0 Å². The highest BCUT2D eigenvalue weighted by Crippen LogP contribution is 2.48. The molecule has 0 saturated carbocycles. The van der Waals surface area contributed by atoms with Crippen LogP contribution in [0.4, 0.5) is 24.1 Å². The van der Waals surface area contributed by atoms with E-state index in [1.54, 1.807) is 29.2 Å². The maximum absolute atomic E-state index is 13.8. The molecule has 17 heteroatoms. The van der Waals surface area contributed by atoms with Crippen molar-refractivity contribution in [3.8, 4) is 5.75 Å². The normalized spacial score (nSPS) is 25.2. The van der Waals surface area contributed by atoms with Crippen LogP contribution in [-0.4, -0.2) is 78.3 Å². The van der Waals surface area contributed by atoms with Gasteiger partial charge in [0.25, 0.3) is 0 Å². The van der Waals surface area contributed by atoms with Gasteiger partial charge < -0.3 is 38.4 Å². The fourth-order valence-corrected chi connectivity index (χ4v) is 11.6. The van der Waals surface area contributed by atoms with Gasteiger partial charge >= 0.3 is 24.2 Å². The zero-order valence-corrected chi connectivity index (χ0v) is 43.0. The molecule has 2 aliphatic heterocycles. The molecule has 0 radical (unpaired) electrons. The first-order valence-electron chi connectivity index (χ1n) is 24.8. The Balaban J connectivity index is 0.791. The molecule has 2 fully saturated rings. The number of cyclic esters (lactones) is 1. The van der Waals surface area contributed by atoms with Crippen LogP contribution in [0.25, 0.3) is 0 Å². The third kappa shape index (κ3) is 14.2. The molecule has 0 aromatic heterocycles. The van der Waals surface area contributed by atoms with Crippen LogP contribution in [0.15, 0.2) is 96.6 Å². The zero-order chi connectivity index (χ0) is 51.5.